The van der Waals surface area contributed by atoms with Crippen LogP contribution in [0.5, 0.6) is 5.75 Å². The van der Waals surface area contributed by atoms with Crippen molar-refractivity contribution in [3.8, 4) is 5.75 Å². The third kappa shape index (κ3) is 19.3. The largest absolute Gasteiger partial charge is 0.508 e. The third-order valence-electron chi connectivity index (χ3n) is 11.6. The average molecular weight is 912 g/mol. The van der Waals surface area contributed by atoms with E-state index in [1.165, 1.54) is 19.2 Å². The minimum atomic E-state index is -1.54. The van der Waals surface area contributed by atoms with Crippen molar-refractivity contribution in [2.75, 3.05) is 26.7 Å². The van der Waals surface area contributed by atoms with E-state index in [1.54, 1.807) is 32.9 Å². The number of carbonyl (C=O) groups is 11. The maximum absolute atomic E-state index is 14.1. The molecule has 0 aliphatic carbocycles. The highest BCUT2D eigenvalue weighted by molar-refractivity contribution is 5.99. The van der Waals surface area contributed by atoms with E-state index in [0.29, 0.717) is 12.0 Å². The smallest absolute Gasteiger partial charge is 0.236 e. The van der Waals surface area contributed by atoms with Gasteiger partial charge in [-0.15, -0.1) is 0 Å². The van der Waals surface area contributed by atoms with Gasteiger partial charge in [0.15, 0.2) is 23.1 Å². The second-order valence-electron chi connectivity index (χ2n) is 18.1. The van der Waals surface area contributed by atoms with Crippen molar-refractivity contribution in [1.82, 2.24) is 26.2 Å². The van der Waals surface area contributed by atoms with Gasteiger partial charge >= 0.3 is 0 Å². The Hall–Kier alpha value is -6.01. The van der Waals surface area contributed by atoms with E-state index in [1.807, 2.05) is 20.8 Å². The number of primary amides is 2. The van der Waals surface area contributed by atoms with Crippen molar-refractivity contribution in [2.24, 2.45) is 52.9 Å². The number of carbonyl (C=O) groups excluding carboxylic acids is 11. The van der Waals surface area contributed by atoms with Gasteiger partial charge in [-0.1, -0.05) is 60.1 Å². The molecule has 0 unspecified atom stereocenters. The lowest BCUT2D eigenvalue weighted by atomic mass is 9.84. The van der Waals surface area contributed by atoms with E-state index in [-0.39, 0.29) is 56.6 Å². The minimum absolute atomic E-state index is 0.00959. The number of hydrogen-bond acceptors (Lipinski definition) is 12. The van der Waals surface area contributed by atoms with Crippen LogP contribution in [-0.2, 0) is 59.2 Å². The number of nitrogens with one attached hydrogen (secondary N) is 4. The molecule has 1 heterocycles. The molecule has 1 aromatic carbocycles. The lowest BCUT2D eigenvalue weighted by Crippen LogP contribution is -2.51. The molecule has 19 nitrogen and oxygen atoms in total. The molecule has 1 aliphatic heterocycles. The number of ketones is 4. The molecular weight excluding hydrogens is 843 g/mol. The van der Waals surface area contributed by atoms with Gasteiger partial charge in [0.2, 0.25) is 41.4 Å². The highest BCUT2D eigenvalue weighted by Gasteiger charge is 2.37. The summed E-state index contributed by atoms with van der Waals surface area (Å²) in [4.78, 5) is 148. The Balaban J connectivity index is 2.55. The highest BCUT2D eigenvalue weighted by Crippen LogP contribution is 2.24. The molecule has 9 N–H and O–H groups in total. The van der Waals surface area contributed by atoms with Crippen molar-refractivity contribution in [2.45, 2.75) is 118 Å². The summed E-state index contributed by atoms with van der Waals surface area (Å²) in [6, 6.07) is 3.42. The summed E-state index contributed by atoms with van der Waals surface area (Å²) in [6.07, 6.45) is -2.15. The number of phenols is 1. The van der Waals surface area contributed by atoms with Crippen LogP contribution in [0.4, 0.5) is 0 Å². The molecular formula is C46H69N7O12. The third-order valence-corrected chi connectivity index (χ3v) is 11.6. The van der Waals surface area contributed by atoms with E-state index in [4.69, 9.17) is 11.5 Å². The van der Waals surface area contributed by atoms with E-state index in [9.17, 15) is 57.8 Å². The minimum Gasteiger partial charge on any atom is -0.508 e. The van der Waals surface area contributed by atoms with Crippen LogP contribution < -0.4 is 32.7 Å². The molecule has 7 amide bonds. The van der Waals surface area contributed by atoms with Crippen LogP contribution in [0, 0.1) is 41.4 Å². The first kappa shape index (κ1) is 55.1. The zero-order chi connectivity index (χ0) is 49.1. The molecule has 1 saturated heterocycles. The summed E-state index contributed by atoms with van der Waals surface area (Å²) in [5.41, 5.74) is 11.3. The van der Waals surface area contributed by atoms with Crippen LogP contribution in [-0.4, -0.2) is 113 Å². The number of rotatable bonds is 17. The van der Waals surface area contributed by atoms with Gasteiger partial charge in [-0.2, -0.15) is 0 Å². The number of nitrogens with two attached hydrogens (primary N) is 2. The fourth-order valence-corrected chi connectivity index (χ4v) is 7.72. The monoisotopic (exact) mass is 912 g/mol. The van der Waals surface area contributed by atoms with Gasteiger partial charge in [-0.3, -0.25) is 52.7 Å². The fourth-order valence-electron chi connectivity index (χ4n) is 7.72. The van der Waals surface area contributed by atoms with Crippen LogP contribution in [0.1, 0.15) is 105 Å². The Morgan fingerprint density at radius 2 is 1.51 bits per heavy atom. The summed E-state index contributed by atoms with van der Waals surface area (Å²) >= 11 is 0. The van der Waals surface area contributed by atoms with Crippen LogP contribution >= 0.6 is 0 Å². The van der Waals surface area contributed by atoms with Gasteiger partial charge in [-0.05, 0) is 54.7 Å². The van der Waals surface area contributed by atoms with E-state index in [2.05, 4.69) is 21.3 Å². The van der Waals surface area contributed by atoms with Crippen LogP contribution in [0.25, 0.3) is 0 Å². The van der Waals surface area contributed by atoms with Crippen molar-refractivity contribution < 1.29 is 57.8 Å². The predicted molar refractivity (Wildman–Crippen MR) is 238 cm³/mol. The normalized spacial score (nSPS) is 22.0. The van der Waals surface area contributed by atoms with Crippen molar-refractivity contribution in [1.29, 1.82) is 0 Å². The number of aromatic hydroxyl groups is 1. The molecule has 19 heteroatoms. The highest BCUT2D eigenvalue weighted by atomic mass is 16.3. The van der Waals surface area contributed by atoms with Crippen molar-refractivity contribution in [3.05, 3.63) is 29.8 Å². The molecule has 0 spiro atoms. The fraction of sp³-hybridized carbons (Fsp3) is 0.630. The van der Waals surface area contributed by atoms with Crippen LogP contribution in [0.3, 0.4) is 0 Å². The summed E-state index contributed by atoms with van der Waals surface area (Å²) in [5.74, 6) is -12.5. The van der Waals surface area contributed by atoms with E-state index >= 15 is 0 Å². The molecule has 0 bridgehead atoms. The quantitative estimate of drug-likeness (QED) is 0.114. The van der Waals surface area contributed by atoms with Gasteiger partial charge in [0.25, 0.3) is 0 Å². The molecule has 7 atom stereocenters. The van der Waals surface area contributed by atoms with Gasteiger partial charge in [0.1, 0.15) is 5.75 Å². The first-order valence-corrected chi connectivity index (χ1v) is 22.2. The summed E-state index contributed by atoms with van der Waals surface area (Å²) in [5, 5.41) is 20.1. The summed E-state index contributed by atoms with van der Waals surface area (Å²) in [7, 11) is 1.30. The first-order valence-electron chi connectivity index (χ1n) is 22.2. The van der Waals surface area contributed by atoms with Gasteiger partial charge in [0.05, 0.1) is 38.1 Å². The summed E-state index contributed by atoms with van der Waals surface area (Å²) in [6.45, 7) is 9.21. The molecule has 0 aromatic heterocycles. The lowest BCUT2D eigenvalue weighted by Gasteiger charge is -2.29. The van der Waals surface area contributed by atoms with E-state index in [0.717, 1.165) is 4.90 Å². The van der Waals surface area contributed by atoms with Crippen molar-refractivity contribution in [3.63, 3.8) is 0 Å². The van der Waals surface area contributed by atoms with Gasteiger partial charge in [-0.25, -0.2) is 0 Å². The number of phenolic OH excluding ortho intramolecular Hbond substituents is 1. The Labute approximate surface area is 380 Å². The Morgan fingerprint density at radius 3 is 2.08 bits per heavy atom. The molecule has 2 rings (SSSR count). The Bertz CT molecular complexity index is 1900. The molecule has 1 aromatic rings. The second-order valence-corrected chi connectivity index (χ2v) is 18.1. The molecule has 0 radical (unpaired) electrons. The molecule has 65 heavy (non-hydrogen) atoms. The molecule has 360 valence electrons. The van der Waals surface area contributed by atoms with Gasteiger partial charge < -0.3 is 42.7 Å². The Kier molecular flexibility index (Phi) is 22.6. The number of hydrogen-bond donors (Lipinski definition) is 7. The number of nitrogens with zero attached hydrogens (tertiary/aromatic N) is 1. The average Bonchev–Trinajstić information content (AvgIpc) is 3.22. The zero-order valence-corrected chi connectivity index (χ0v) is 38.7. The zero-order valence-electron chi connectivity index (χ0n) is 38.7. The Morgan fingerprint density at radius 1 is 0.862 bits per heavy atom. The first-order chi connectivity index (χ1) is 30.4. The molecule has 1 aliphatic rings. The summed E-state index contributed by atoms with van der Waals surface area (Å²) < 4.78 is 0. The number of amides is 7. The maximum atomic E-state index is 14.1. The predicted octanol–water partition coefficient (Wildman–Crippen LogP) is 0.799. The molecule has 1 fully saturated rings. The topological polar surface area (TPSA) is 311 Å². The SMILES string of the molecule is CC[C@H](C)[C@@H]1NC(=O)[C@H](Cc2ccc(O)cc2)CC(=O)CNC(=O)CC[C@@H](C(=O)N(C)CC(=O)C[C@@H](CC(C)C)C(=O)NCC(N)=O)CC(=O)[C@H](CC(N)=O)NC(=O)[C@H](C(C)C)CC1=O. The van der Waals surface area contributed by atoms with Crippen LogP contribution in [0.15, 0.2) is 24.3 Å². The number of benzene rings is 1. The standard InChI is InChI=1S/C46H69N7O12/c1-8-27(6)42-38(58)20-35(26(4)5)45(64)51-36(21-39(47)59)37(57)19-29(46(65)53(7)24-34(56)18-30(15-25(2)3)43(62)50-23-40(48)60)11-14-41(61)49-22-33(55)17-31(44(63)52-42)16-28-9-12-32(54)13-10-28/h9-10,12-13,25-27,29-31,35-36,42,54H,8,11,14-24H2,1-7H3,(H2,47,59)(H2,48,60)(H,49,61)(H,50,62)(H,51,64)(H,52,63)/t27-,29+,30+,31+,35-,36-,42-/m0/s1. The lowest BCUT2D eigenvalue weighted by molar-refractivity contribution is -0.141. The van der Waals surface area contributed by atoms with E-state index < -0.39 is 145 Å². The number of Topliss-reactive ketones (excluding diaryl/α,β-unsaturated/α-hetero) is 4. The second kappa shape index (κ2) is 26.7. The number of likely N-dealkylation sites (N-methyl/N-ethyl adjacent to an activating group) is 1. The van der Waals surface area contributed by atoms with Crippen molar-refractivity contribution >= 4 is 64.5 Å². The molecule has 0 saturated carbocycles. The van der Waals surface area contributed by atoms with Gasteiger partial charge in [0, 0.05) is 62.8 Å². The van der Waals surface area contributed by atoms with Crippen LogP contribution in [0.2, 0.25) is 0 Å². The maximum Gasteiger partial charge on any atom is 0.236 e.